The van der Waals surface area contributed by atoms with Crippen LogP contribution < -0.4 is 15.5 Å². The van der Waals surface area contributed by atoms with Gasteiger partial charge in [-0.3, -0.25) is 5.43 Å². The Morgan fingerprint density at radius 1 is 1.23 bits per heavy atom. The van der Waals surface area contributed by atoms with Crippen molar-refractivity contribution in [1.29, 1.82) is 0 Å². The molecule has 2 N–H and O–H groups in total. The molecular formula is C16H16FN3OS. The van der Waals surface area contributed by atoms with Crippen molar-refractivity contribution in [2.45, 2.75) is 6.61 Å². The fourth-order valence-electron chi connectivity index (χ4n) is 1.65. The second-order valence-corrected chi connectivity index (χ2v) is 4.81. The number of hydrogen-bond acceptors (Lipinski definition) is 3. The molecular weight excluding hydrogens is 301 g/mol. The Bertz CT molecular complexity index is 659. The molecule has 0 fully saturated rings. The topological polar surface area (TPSA) is 45.7 Å². The lowest BCUT2D eigenvalue weighted by atomic mass is 10.2. The van der Waals surface area contributed by atoms with Gasteiger partial charge in [-0.2, -0.15) is 5.10 Å². The molecule has 0 spiro atoms. The van der Waals surface area contributed by atoms with Crippen molar-refractivity contribution in [3.8, 4) is 5.75 Å². The highest BCUT2D eigenvalue weighted by Crippen LogP contribution is 2.14. The van der Waals surface area contributed by atoms with Crippen molar-refractivity contribution in [2.75, 3.05) is 7.05 Å². The van der Waals surface area contributed by atoms with Crippen LogP contribution in [0.5, 0.6) is 5.75 Å². The summed E-state index contributed by atoms with van der Waals surface area (Å²) in [5, 5.41) is 7.18. The Morgan fingerprint density at radius 2 is 1.95 bits per heavy atom. The summed E-state index contributed by atoms with van der Waals surface area (Å²) >= 11 is 4.90. The Balaban J connectivity index is 1.89. The highest BCUT2D eigenvalue weighted by Gasteiger charge is 2.01. The average molecular weight is 317 g/mol. The molecule has 2 aromatic carbocycles. The van der Waals surface area contributed by atoms with Crippen LogP contribution in [-0.4, -0.2) is 18.4 Å². The van der Waals surface area contributed by atoms with Crippen molar-refractivity contribution in [3.63, 3.8) is 0 Å². The second-order valence-electron chi connectivity index (χ2n) is 4.40. The molecule has 0 aliphatic heterocycles. The van der Waals surface area contributed by atoms with Crippen molar-refractivity contribution < 1.29 is 9.13 Å². The maximum absolute atomic E-state index is 13.5. The minimum absolute atomic E-state index is 0.193. The molecule has 0 radical (unpaired) electrons. The van der Waals surface area contributed by atoms with Crippen LogP contribution in [0.2, 0.25) is 0 Å². The summed E-state index contributed by atoms with van der Waals surface area (Å²) in [4.78, 5) is 0. The number of benzene rings is 2. The molecule has 114 valence electrons. The van der Waals surface area contributed by atoms with E-state index in [0.717, 1.165) is 5.56 Å². The summed E-state index contributed by atoms with van der Waals surface area (Å²) in [6.45, 7) is 0.193. The van der Waals surface area contributed by atoms with Crippen molar-refractivity contribution in [2.24, 2.45) is 5.10 Å². The molecule has 0 amide bonds. The minimum atomic E-state index is -0.266. The zero-order valence-corrected chi connectivity index (χ0v) is 12.9. The molecule has 0 aromatic heterocycles. The number of nitrogens with one attached hydrogen (secondary N) is 2. The van der Waals surface area contributed by atoms with Gasteiger partial charge in [0.1, 0.15) is 18.2 Å². The van der Waals surface area contributed by atoms with Gasteiger partial charge in [-0.05, 0) is 48.1 Å². The van der Waals surface area contributed by atoms with Crippen LogP contribution in [0.4, 0.5) is 4.39 Å². The molecule has 0 unspecified atom stereocenters. The summed E-state index contributed by atoms with van der Waals surface area (Å²) in [7, 11) is 1.71. The van der Waals surface area contributed by atoms with Gasteiger partial charge in [0.2, 0.25) is 0 Å². The van der Waals surface area contributed by atoms with Crippen LogP contribution in [0.15, 0.2) is 53.6 Å². The molecule has 4 nitrogen and oxygen atoms in total. The van der Waals surface area contributed by atoms with Gasteiger partial charge in [0.25, 0.3) is 0 Å². The second kappa shape index (κ2) is 8.09. The molecule has 0 bridgehead atoms. The summed E-state index contributed by atoms with van der Waals surface area (Å²) in [6.07, 6.45) is 1.64. The Hall–Kier alpha value is -2.47. The summed E-state index contributed by atoms with van der Waals surface area (Å²) in [6, 6.07) is 13.9. The minimum Gasteiger partial charge on any atom is -0.489 e. The maximum atomic E-state index is 13.5. The SMILES string of the molecule is CNC(=S)N/N=C/c1ccc(OCc2ccccc2F)cc1. The van der Waals surface area contributed by atoms with Crippen LogP contribution in [0.1, 0.15) is 11.1 Å². The van der Waals surface area contributed by atoms with E-state index < -0.39 is 0 Å². The molecule has 2 aromatic rings. The third-order valence-electron chi connectivity index (χ3n) is 2.84. The van der Waals surface area contributed by atoms with E-state index in [2.05, 4.69) is 15.8 Å². The summed E-state index contributed by atoms with van der Waals surface area (Å²) < 4.78 is 19.0. The summed E-state index contributed by atoms with van der Waals surface area (Å²) in [5.74, 6) is 0.400. The Labute approximate surface area is 134 Å². The molecule has 6 heteroatoms. The zero-order valence-electron chi connectivity index (χ0n) is 12.0. The first-order valence-electron chi connectivity index (χ1n) is 6.66. The first-order valence-corrected chi connectivity index (χ1v) is 7.07. The standard InChI is InChI=1S/C16H16FN3OS/c1-18-16(22)20-19-10-12-6-8-14(9-7-12)21-11-13-4-2-3-5-15(13)17/h2-10H,11H2,1H3,(H2,18,20,22)/b19-10+. The third-order valence-corrected chi connectivity index (χ3v) is 3.13. The van der Waals surface area contributed by atoms with E-state index in [9.17, 15) is 4.39 Å². The van der Waals surface area contributed by atoms with Gasteiger partial charge in [0, 0.05) is 12.6 Å². The van der Waals surface area contributed by atoms with E-state index in [0.29, 0.717) is 16.4 Å². The Morgan fingerprint density at radius 3 is 2.64 bits per heavy atom. The van der Waals surface area contributed by atoms with E-state index in [1.165, 1.54) is 6.07 Å². The fourth-order valence-corrected chi connectivity index (χ4v) is 1.70. The van der Waals surface area contributed by atoms with Crippen LogP contribution in [-0.2, 0) is 6.61 Å². The molecule has 0 saturated heterocycles. The predicted octanol–water partition coefficient (Wildman–Crippen LogP) is 2.83. The smallest absolute Gasteiger partial charge is 0.186 e. The van der Waals surface area contributed by atoms with E-state index >= 15 is 0 Å². The van der Waals surface area contributed by atoms with Gasteiger partial charge in [-0.15, -0.1) is 0 Å². The average Bonchev–Trinajstić information content (AvgIpc) is 2.55. The van der Waals surface area contributed by atoms with E-state index in [1.54, 1.807) is 43.6 Å². The molecule has 0 atom stereocenters. The van der Waals surface area contributed by atoms with Crippen molar-refractivity contribution in [1.82, 2.24) is 10.7 Å². The third kappa shape index (κ3) is 4.82. The summed E-state index contributed by atoms with van der Waals surface area (Å²) in [5.41, 5.74) is 4.08. The maximum Gasteiger partial charge on any atom is 0.186 e. The van der Waals surface area contributed by atoms with Crippen LogP contribution in [0.25, 0.3) is 0 Å². The van der Waals surface area contributed by atoms with Gasteiger partial charge in [0.05, 0.1) is 6.21 Å². The number of rotatable bonds is 5. The number of hydrazone groups is 1. The largest absolute Gasteiger partial charge is 0.489 e. The van der Waals surface area contributed by atoms with Gasteiger partial charge in [0.15, 0.2) is 5.11 Å². The molecule has 0 aliphatic carbocycles. The zero-order chi connectivity index (χ0) is 15.8. The molecule has 0 saturated carbocycles. The number of thiocarbonyl (C=S) groups is 1. The van der Waals surface area contributed by atoms with Crippen molar-refractivity contribution >= 4 is 23.5 Å². The number of ether oxygens (including phenoxy) is 1. The predicted molar refractivity (Wildman–Crippen MR) is 89.6 cm³/mol. The first-order chi connectivity index (χ1) is 10.7. The molecule has 0 aliphatic rings. The van der Waals surface area contributed by atoms with Gasteiger partial charge in [-0.25, -0.2) is 4.39 Å². The fraction of sp³-hybridized carbons (Fsp3) is 0.125. The monoisotopic (exact) mass is 317 g/mol. The number of halogens is 1. The van der Waals surface area contributed by atoms with Gasteiger partial charge in [-0.1, -0.05) is 18.2 Å². The van der Waals surface area contributed by atoms with Gasteiger partial charge < -0.3 is 10.1 Å². The lowest BCUT2D eigenvalue weighted by Crippen LogP contribution is -2.28. The first kappa shape index (κ1) is 15.9. The molecule has 22 heavy (non-hydrogen) atoms. The molecule has 0 heterocycles. The molecule has 2 rings (SSSR count). The van der Waals surface area contributed by atoms with Crippen molar-refractivity contribution in [3.05, 3.63) is 65.5 Å². The van der Waals surface area contributed by atoms with E-state index in [1.807, 2.05) is 12.1 Å². The van der Waals surface area contributed by atoms with E-state index in [-0.39, 0.29) is 12.4 Å². The highest BCUT2D eigenvalue weighted by molar-refractivity contribution is 7.80. The highest BCUT2D eigenvalue weighted by atomic mass is 32.1. The van der Waals surface area contributed by atoms with Crippen LogP contribution in [0.3, 0.4) is 0 Å². The lowest BCUT2D eigenvalue weighted by molar-refractivity contribution is 0.300. The van der Waals surface area contributed by atoms with Gasteiger partial charge >= 0.3 is 0 Å². The lowest BCUT2D eigenvalue weighted by Gasteiger charge is -2.07. The number of nitrogens with zero attached hydrogens (tertiary/aromatic N) is 1. The van der Waals surface area contributed by atoms with Crippen LogP contribution >= 0.6 is 12.2 Å². The van der Waals surface area contributed by atoms with Crippen LogP contribution in [0, 0.1) is 5.82 Å². The van der Waals surface area contributed by atoms with E-state index in [4.69, 9.17) is 17.0 Å². The quantitative estimate of drug-likeness (QED) is 0.506. The normalized spacial score (nSPS) is 10.5. The Kier molecular flexibility index (Phi) is 5.85. The number of hydrogen-bond donors (Lipinski definition) is 2.